The lowest BCUT2D eigenvalue weighted by Crippen LogP contribution is -2.46. The topological polar surface area (TPSA) is 85.3 Å². The molecule has 4 aromatic rings. The summed E-state index contributed by atoms with van der Waals surface area (Å²) >= 11 is 0. The van der Waals surface area contributed by atoms with Gasteiger partial charge in [0.05, 0.1) is 32.5 Å². The normalized spacial score (nSPS) is 16.9. The molecule has 0 radical (unpaired) electrons. The van der Waals surface area contributed by atoms with Crippen molar-refractivity contribution in [2.45, 2.75) is 38.1 Å². The molecule has 7 heteroatoms. The van der Waals surface area contributed by atoms with Crippen molar-refractivity contribution in [3.63, 3.8) is 0 Å². The van der Waals surface area contributed by atoms with Gasteiger partial charge in [-0.1, -0.05) is 91.0 Å². The van der Waals surface area contributed by atoms with Gasteiger partial charge in [0.2, 0.25) is 0 Å². The monoisotopic (exact) mass is 553 g/mol. The maximum atomic E-state index is 12.0. The van der Waals surface area contributed by atoms with Gasteiger partial charge in [-0.05, 0) is 45.5 Å². The predicted molar refractivity (Wildman–Crippen MR) is 157 cm³/mol. The van der Waals surface area contributed by atoms with Crippen molar-refractivity contribution in [1.29, 1.82) is 0 Å². The Kier molecular flexibility index (Phi) is 9.62. The number of piperidine rings is 1. The first-order valence-corrected chi connectivity index (χ1v) is 14.0. The summed E-state index contributed by atoms with van der Waals surface area (Å²) in [6.45, 7) is 1.79. The second-order valence-corrected chi connectivity index (χ2v) is 10.3. The molecular formula is C34H35NO6. The Hall–Kier alpha value is -4.20. The number of hydrogen-bond donors (Lipinski definition) is 1. The summed E-state index contributed by atoms with van der Waals surface area (Å²) in [6.07, 6.45) is 0.116. The van der Waals surface area contributed by atoms with Crippen LogP contribution in [0.3, 0.4) is 0 Å². The molecule has 1 aliphatic heterocycles. The number of ether oxygens (including phenoxy) is 3. The maximum Gasteiger partial charge on any atom is 0.407 e. The molecule has 5 rings (SSSR count). The largest absolute Gasteiger partial charge is 0.465 e. The molecule has 0 spiro atoms. The SMILES string of the molecule is O=C(COCc1ccccc1)OCCc1ccc(C2CCN(C(=O)O)CC2OCc2ccc3ccccc3c2)cc1. The van der Waals surface area contributed by atoms with Gasteiger partial charge in [-0.25, -0.2) is 9.59 Å². The van der Waals surface area contributed by atoms with Crippen molar-refractivity contribution >= 4 is 22.8 Å². The highest BCUT2D eigenvalue weighted by Gasteiger charge is 2.33. The summed E-state index contributed by atoms with van der Waals surface area (Å²) in [4.78, 5) is 25.2. The molecule has 41 heavy (non-hydrogen) atoms. The number of fused-ring (bicyclic) bond motifs is 1. The number of amides is 1. The van der Waals surface area contributed by atoms with Crippen LogP contribution < -0.4 is 0 Å². The summed E-state index contributed by atoms with van der Waals surface area (Å²) in [5.74, 6) is -0.297. The van der Waals surface area contributed by atoms with Crippen LogP contribution in [0.25, 0.3) is 10.8 Å². The van der Waals surface area contributed by atoms with Crippen LogP contribution in [0.1, 0.15) is 34.6 Å². The number of hydrogen-bond acceptors (Lipinski definition) is 5. The van der Waals surface area contributed by atoms with E-state index in [1.54, 1.807) is 0 Å². The zero-order valence-electron chi connectivity index (χ0n) is 23.0. The Bertz CT molecular complexity index is 1440. The summed E-state index contributed by atoms with van der Waals surface area (Å²) in [5, 5.41) is 11.9. The lowest BCUT2D eigenvalue weighted by Gasteiger charge is -2.37. The number of carbonyl (C=O) groups is 2. The van der Waals surface area contributed by atoms with Crippen molar-refractivity contribution in [2.24, 2.45) is 0 Å². The van der Waals surface area contributed by atoms with Gasteiger partial charge in [0.1, 0.15) is 6.61 Å². The molecule has 1 fully saturated rings. The van der Waals surface area contributed by atoms with E-state index in [1.165, 1.54) is 10.3 Å². The van der Waals surface area contributed by atoms with E-state index >= 15 is 0 Å². The Morgan fingerprint density at radius 2 is 1.54 bits per heavy atom. The van der Waals surface area contributed by atoms with E-state index in [9.17, 15) is 14.7 Å². The molecule has 2 atom stereocenters. The van der Waals surface area contributed by atoms with Crippen LogP contribution in [0.15, 0.2) is 97.1 Å². The first-order chi connectivity index (χ1) is 20.0. The Balaban J connectivity index is 1.13. The Morgan fingerprint density at radius 3 is 2.32 bits per heavy atom. The van der Waals surface area contributed by atoms with E-state index in [-0.39, 0.29) is 31.2 Å². The zero-order chi connectivity index (χ0) is 28.4. The van der Waals surface area contributed by atoms with E-state index in [2.05, 4.69) is 42.5 Å². The summed E-state index contributed by atoms with van der Waals surface area (Å²) < 4.78 is 17.2. The first kappa shape index (κ1) is 28.3. The highest BCUT2D eigenvalue weighted by atomic mass is 16.6. The van der Waals surface area contributed by atoms with Crippen molar-refractivity contribution in [2.75, 3.05) is 26.3 Å². The minimum atomic E-state index is -0.918. The molecule has 4 aromatic carbocycles. The van der Waals surface area contributed by atoms with E-state index in [0.717, 1.165) is 27.6 Å². The number of esters is 1. The maximum absolute atomic E-state index is 12.0. The number of benzene rings is 4. The van der Waals surface area contributed by atoms with Gasteiger partial charge in [0, 0.05) is 18.9 Å². The molecular weight excluding hydrogens is 518 g/mol. The van der Waals surface area contributed by atoms with Gasteiger partial charge in [-0.3, -0.25) is 0 Å². The second kappa shape index (κ2) is 13.9. The fourth-order valence-corrected chi connectivity index (χ4v) is 5.25. The Labute approximate surface area is 240 Å². The molecule has 0 bridgehead atoms. The van der Waals surface area contributed by atoms with Crippen molar-refractivity contribution in [1.82, 2.24) is 4.90 Å². The van der Waals surface area contributed by atoms with E-state index in [4.69, 9.17) is 14.2 Å². The van der Waals surface area contributed by atoms with Crippen molar-refractivity contribution < 1.29 is 28.9 Å². The fraction of sp³-hybridized carbons (Fsp3) is 0.294. The third-order valence-electron chi connectivity index (χ3n) is 7.50. The van der Waals surface area contributed by atoms with Gasteiger partial charge < -0.3 is 24.2 Å². The van der Waals surface area contributed by atoms with E-state index < -0.39 is 6.09 Å². The number of nitrogens with zero attached hydrogens (tertiary/aromatic N) is 1. The van der Waals surface area contributed by atoms with Crippen LogP contribution in [-0.2, 0) is 38.6 Å². The van der Waals surface area contributed by atoms with Crippen LogP contribution >= 0.6 is 0 Å². The number of carbonyl (C=O) groups excluding carboxylic acids is 1. The highest BCUT2D eigenvalue weighted by Crippen LogP contribution is 2.32. The molecule has 212 valence electrons. The highest BCUT2D eigenvalue weighted by molar-refractivity contribution is 5.82. The minimum Gasteiger partial charge on any atom is -0.465 e. The molecule has 1 aliphatic rings. The number of carboxylic acid groups (broad SMARTS) is 1. The number of rotatable bonds is 11. The van der Waals surface area contributed by atoms with Crippen LogP contribution in [0.4, 0.5) is 4.79 Å². The fourth-order valence-electron chi connectivity index (χ4n) is 5.25. The van der Waals surface area contributed by atoms with Gasteiger partial charge in [-0.15, -0.1) is 0 Å². The van der Waals surface area contributed by atoms with Crippen LogP contribution in [0, 0.1) is 0 Å². The lowest BCUT2D eigenvalue weighted by atomic mass is 9.86. The minimum absolute atomic E-state index is 0.0799. The molecule has 7 nitrogen and oxygen atoms in total. The average Bonchev–Trinajstić information content (AvgIpc) is 3.00. The molecule has 1 heterocycles. The van der Waals surface area contributed by atoms with Crippen molar-refractivity contribution in [3.8, 4) is 0 Å². The second-order valence-electron chi connectivity index (χ2n) is 10.3. The standard InChI is InChI=1S/C34H35NO6/c36-33(24-39-22-26-6-2-1-3-7-26)40-19-17-25-10-14-29(15-11-25)31-16-18-35(34(37)38)21-32(31)41-23-27-12-13-28-8-4-5-9-30(28)20-27/h1-15,20,31-32H,16-19,21-24H2,(H,37,38). The van der Waals surface area contributed by atoms with Crippen LogP contribution in [0.2, 0.25) is 0 Å². The predicted octanol–water partition coefficient (Wildman–Crippen LogP) is 6.20. The lowest BCUT2D eigenvalue weighted by molar-refractivity contribution is -0.149. The molecule has 0 aromatic heterocycles. The summed E-state index contributed by atoms with van der Waals surface area (Å²) in [5.41, 5.74) is 4.25. The molecule has 0 saturated carbocycles. The third-order valence-corrected chi connectivity index (χ3v) is 7.50. The van der Waals surface area contributed by atoms with E-state index in [1.807, 2.05) is 54.6 Å². The average molecular weight is 554 g/mol. The number of likely N-dealkylation sites (tertiary alicyclic amines) is 1. The Morgan fingerprint density at radius 1 is 0.805 bits per heavy atom. The van der Waals surface area contributed by atoms with Gasteiger partial charge in [0.25, 0.3) is 0 Å². The van der Waals surface area contributed by atoms with Gasteiger partial charge in [0.15, 0.2) is 0 Å². The third kappa shape index (κ3) is 7.93. The quantitative estimate of drug-likeness (QED) is 0.223. The van der Waals surface area contributed by atoms with Crippen LogP contribution in [0.5, 0.6) is 0 Å². The molecule has 2 unspecified atom stereocenters. The molecule has 1 amide bonds. The van der Waals surface area contributed by atoms with Crippen molar-refractivity contribution in [3.05, 3.63) is 119 Å². The van der Waals surface area contributed by atoms with E-state index in [0.29, 0.717) is 39.1 Å². The summed E-state index contributed by atoms with van der Waals surface area (Å²) in [6, 6.07) is 32.4. The zero-order valence-corrected chi connectivity index (χ0v) is 23.0. The van der Waals surface area contributed by atoms with Gasteiger partial charge >= 0.3 is 12.1 Å². The van der Waals surface area contributed by atoms with Crippen LogP contribution in [-0.4, -0.2) is 54.5 Å². The van der Waals surface area contributed by atoms with Gasteiger partial charge in [-0.2, -0.15) is 0 Å². The molecule has 1 saturated heterocycles. The first-order valence-electron chi connectivity index (χ1n) is 14.0. The molecule has 1 N–H and O–H groups in total. The summed E-state index contributed by atoms with van der Waals surface area (Å²) in [7, 11) is 0. The smallest absolute Gasteiger partial charge is 0.407 e. The molecule has 0 aliphatic carbocycles.